The first-order chi connectivity index (χ1) is 5.77. The average Bonchev–Trinajstić information content (AvgIpc) is 2.64. The van der Waals surface area contributed by atoms with E-state index in [4.69, 9.17) is 4.74 Å². The predicted molar refractivity (Wildman–Crippen MR) is 37.8 cm³/mol. The SMILES string of the molecule is O=C1OC(=[OH+])C2C3C=CC(O3)C12. The van der Waals surface area contributed by atoms with Crippen molar-refractivity contribution < 1.29 is 19.1 Å². The molecule has 2 saturated heterocycles. The summed E-state index contributed by atoms with van der Waals surface area (Å²) < 4.78 is 10.0. The summed E-state index contributed by atoms with van der Waals surface area (Å²) in [4.78, 5) is 20.4. The number of hydrogen-bond donors (Lipinski definition) is 0. The lowest BCUT2D eigenvalue weighted by atomic mass is 9.85. The van der Waals surface area contributed by atoms with E-state index in [1.54, 1.807) is 0 Å². The molecular formula is C8H7O4+. The van der Waals surface area contributed by atoms with Crippen molar-refractivity contribution in [2.75, 3.05) is 0 Å². The summed E-state index contributed by atoms with van der Waals surface area (Å²) in [6.45, 7) is 0. The minimum absolute atomic E-state index is 0.161. The van der Waals surface area contributed by atoms with Gasteiger partial charge in [0.2, 0.25) is 0 Å². The van der Waals surface area contributed by atoms with E-state index in [2.05, 4.69) is 4.74 Å². The Bertz CT molecular complexity index is 278. The molecular weight excluding hydrogens is 160 g/mol. The van der Waals surface area contributed by atoms with Gasteiger partial charge in [-0.3, -0.25) is 0 Å². The Hall–Kier alpha value is -1.16. The molecule has 4 atom stereocenters. The predicted octanol–water partition coefficient (Wildman–Crippen LogP) is -0.385. The molecule has 0 saturated carbocycles. The summed E-state index contributed by atoms with van der Waals surface area (Å²) in [5.41, 5.74) is 0. The van der Waals surface area contributed by atoms with Gasteiger partial charge in [-0.1, -0.05) is 12.2 Å². The smallest absolute Gasteiger partial charge is 0.365 e. The molecule has 3 aliphatic rings. The van der Waals surface area contributed by atoms with Crippen LogP contribution in [0.2, 0.25) is 0 Å². The fourth-order valence-electron chi connectivity index (χ4n) is 2.12. The van der Waals surface area contributed by atoms with Crippen molar-refractivity contribution in [1.82, 2.24) is 0 Å². The van der Waals surface area contributed by atoms with Crippen LogP contribution in [0.5, 0.6) is 0 Å². The molecule has 4 unspecified atom stereocenters. The van der Waals surface area contributed by atoms with Crippen molar-refractivity contribution in [1.29, 1.82) is 0 Å². The molecule has 0 spiro atoms. The second-order valence-corrected chi connectivity index (χ2v) is 3.26. The maximum absolute atomic E-state index is 11.1. The number of carbonyl (C=O) groups excluding carboxylic acids is 2. The molecule has 3 aliphatic heterocycles. The van der Waals surface area contributed by atoms with Crippen LogP contribution in [-0.2, 0) is 14.3 Å². The number of hydrogen-bond acceptors (Lipinski definition) is 3. The lowest BCUT2D eigenvalue weighted by Gasteiger charge is -2.04. The van der Waals surface area contributed by atoms with Gasteiger partial charge in [-0.2, -0.15) is 0 Å². The van der Waals surface area contributed by atoms with E-state index in [-0.39, 0.29) is 36.0 Å². The molecule has 0 aliphatic carbocycles. The third-order valence-corrected chi connectivity index (χ3v) is 2.66. The Kier molecular flexibility index (Phi) is 0.939. The van der Waals surface area contributed by atoms with E-state index < -0.39 is 0 Å². The zero-order valence-electron chi connectivity index (χ0n) is 6.14. The van der Waals surface area contributed by atoms with Gasteiger partial charge >= 0.3 is 11.9 Å². The number of ether oxygens (including phenoxy) is 2. The van der Waals surface area contributed by atoms with Crippen molar-refractivity contribution in [3.8, 4) is 0 Å². The van der Waals surface area contributed by atoms with E-state index in [0.29, 0.717) is 0 Å². The summed E-state index contributed by atoms with van der Waals surface area (Å²) in [6.07, 6.45) is 3.37. The van der Waals surface area contributed by atoms with E-state index in [9.17, 15) is 9.59 Å². The topological polar surface area (TPSA) is 56.9 Å². The summed E-state index contributed by atoms with van der Waals surface area (Å²) in [6, 6.07) is 0. The highest BCUT2D eigenvalue weighted by atomic mass is 16.6. The van der Waals surface area contributed by atoms with Crippen molar-refractivity contribution in [2.24, 2.45) is 11.8 Å². The van der Waals surface area contributed by atoms with Crippen molar-refractivity contribution in [3.63, 3.8) is 0 Å². The van der Waals surface area contributed by atoms with Crippen LogP contribution in [0.1, 0.15) is 0 Å². The van der Waals surface area contributed by atoms with E-state index in [1.807, 2.05) is 12.2 Å². The lowest BCUT2D eigenvalue weighted by Crippen LogP contribution is -2.26. The van der Waals surface area contributed by atoms with Gasteiger partial charge in [0.25, 0.3) is 0 Å². The maximum Gasteiger partial charge on any atom is 0.498 e. The minimum atomic E-state index is -0.366. The Labute approximate surface area is 68.1 Å². The molecule has 1 N–H and O–H groups in total. The maximum atomic E-state index is 11.1. The molecule has 2 bridgehead atoms. The van der Waals surface area contributed by atoms with Crippen LogP contribution < -0.4 is 0 Å². The second-order valence-electron chi connectivity index (χ2n) is 3.26. The van der Waals surface area contributed by atoms with Crippen LogP contribution in [0.4, 0.5) is 0 Å². The van der Waals surface area contributed by atoms with Crippen molar-refractivity contribution in [3.05, 3.63) is 12.2 Å². The zero-order valence-corrected chi connectivity index (χ0v) is 6.14. The Morgan fingerprint density at radius 2 is 1.92 bits per heavy atom. The molecule has 0 aromatic heterocycles. The fraction of sp³-hybridized carbons (Fsp3) is 0.500. The summed E-state index contributed by atoms with van der Waals surface area (Å²) in [5, 5.41) is 0. The van der Waals surface area contributed by atoms with Gasteiger partial charge in [0.1, 0.15) is 5.92 Å². The third-order valence-electron chi connectivity index (χ3n) is 2.66. The first kappa shape index (κ1) is 6.37. The average molecular weight is 167 g/mol. The lowest BCUT2D eigenvalue weighted by molar-refractivity contribution is -0.138. The molecule has 0 aromatic rings. The van der Waals surface area contributed by atoms with Crippen LogP contribution in [0.25, 0.3) is 0 Å². The molecule has 0 radical (unpaired) electrons. The largest absolute Gasteiger partial charge is 0.498 e. The zero-order chi connectivity index (χ0) is 8.29. The molecule has 12 heavy (non-hydrogen) atoms. The standard InChI is InChI=1S/C8H6O4/c9-7-5-3-1-2-4(11-3)6(5)8(10)12-7/h1-6H/p+1. The molecule has 3 heterocycles. The Morgan fingerprint density at radius 3 is 2.58 bits per heavy atom. The molecule has 4 heteroatoms. The normalized spacial score (nSPS) is 48.3. The monoisotopic (exact) mass is 167 g/mol. The highest BCUT2D eigenvalue weighted by Crippen LogP contribution is 2.43. The van der Waals surface area contributed by atoms with E-state index in [1.165, 1.54) is 0 Å². The first-order valence-electron chi connectivity index (χ1n) is 3.88. The van der Waals surface area contributed by atoms with Gasteiger partial charge in [-0.25, -0.2) is 9.53 Å². The van der Waals surface area contributed by atoms with Crippen LogP contribution >= 0.6 is 0 Å². The second kappa shape index (κ2) is 1.77. The molecule has 62 valence electrons. The van der Waals surface area contributed by atoms with Crippen LogP contribution in [0.15, 0.2) is 12.2 Å². The number of fused-ring (bicyclic) bond motifs is 5. The summed E-state index contributed by atoms with van der Waals surface area (Å²) in [5.74, 6) is -1.11. The Balaban J connectivity index is 2.08. The van der Waals surface area contributed by atoms with Gasteiger partial charge in [0.05, 0.1) is 12.2 Å². The van der Waals surface area contributed by atoms with Crippen LogP contribution in [0.3, 0.4) is 0 Å². The summed E-state index contributed by atoms with van der Waals surface area (Å²) >= 11 is 0. The van der Waals surface area contributed by atoms with Crippen molar-refractivity contribution in [2.45, 2.75) is 12.2 Å². The van der Waals surface area contributed by atoms with Gasteiger partial charge < -0.3 is 9.53 Å². The van der Waals surface area contributed by atoms with E-state index >= 15 is 0 Å². The summed E-state index contributed by atoms with van der Waals surface area (Å²) in [7, 11) is 0. The fourth-order valence-corrected chi connectivity index (χ4v) is 2.12. The highest BCUT2D eigenvalue weighted by molar-refractivity contribution is 5.98. The van der Waals surface area contributed by atoms with Crippen molar-refractivity contribution >= 4 is 11.9 Å². The molecule has 3 rings (SSSR count). The first-order valence-corrected chi connectivity index (χ1v) is 3.88. The van der Waals surface area contributed by atoms with Gasteiger partial charge in [-0.05, 0) is 0 Å². The van der Waals surface area contributed by atoms with Gasteiger partial charge in [-0.15, -0.1) is 0 Å². The molecule has 0 aromatic carbocycles. The number of rotatable bonds is 0. The Morgan fingerprint density at radius 1 is 1.25 bits per heavy atom. The van der Waals surface area contributed by atoms with Crippen LogP contribution in [0, 0.1) is 11.8 Å². The third kappa shape index (κ3) is 0.536. The van der Waals surface area contributed by atoms with Crippen LogP contribution in [-0.4, -0.2) is 28.9 Å². The van der Waals surface area contributed by atoms with E-state index in [0.717, 1.165) is 0 Å². The molecule has 0 amide bonds. The quantitative estimate of drug-likeness (QED) is 0.214. The molecule has 2 fully saturated rings. The minimum Gasteiger partial charge on any atom is -0.365 e. The highest BCUT2D eigenvalue weighted by Gasteiger charge is 2.65. The van der Waals surface area contributed by atoms with Gasteiger partial charge in [0.15, 0.2) is 5.92 Å². The number of esters is 2. The van der Waals surface area contributed by atoms with Gasteiger partial charge in [0, 0.05) is 0 Å². The number of cyclic esters (lactones) is 2. The number of carbonyl (C=O) groups is 1. The molecule has 4 nitrogen and oxygen atoms in total.